The number of halogens is 1. The van der Waals surface area contributed by atoms with Crippen molar-refractivity contribution in [2.24, 2.45) is 0 Å². The molecule has 0 saturated heterocycles. The summed E-state index contributed by atoms with van der Waals surface area (Å²) in [4.78, 5) is 23.2. The third-order valence-electron chi connectivity index (χ3n) is 4.44. The highest BCUT2D eigenvalue weighted by atomic mass is 35.5. The van der Waals surface area contributed by atoms with Crippen LogP contribution in [0.5, 0.6) is 0 Å². The van der Waals surface area contributed by atoms with Crippen molar-refractivity contribution in [2.45, 2.75) is 11.8 Å². The molecule has 8 nitrogen and oxygen atoms in total. The van der Waals surface area contributed by atoms with Gasteiger partial charge in [-0.25, -0.2) is 8.42 Å². The first kappa shape index (κ1) is 22.3. The Hall–Kier alpha value is -3.43. The van der Waals surface area contributed by atoms with Crippen LogP contribution in [0.15, 0.2) is 77.7 Å². The molecule has 1 N–H and O–H groups in total. The quantitative estimate of drug-likeness (QED) is 0.416. The summed E-state index contributed by atoms with van der Waals surface area (Å²) in [5, 5.41) is 14.0. The van der Waals surface area contributed by atoms with Crippen molar-refractivity contribution in [3.05, 3.63) is 93.5 Å². The molecule has 0 aliphatic rings. The molecule has 3 rings (SSSR count). The molecule has 1 amide bonds. The maximum absolute atomic E-state index is 13.3. The highest BCUT2D eigenvalue weighted by molar-refractivity contribution is 7.92. The zero-order chi connectivity index (χ0) is 22.6. The van der Waals surface area contributed by atoms with Crippen LogP contribution in [0, 0.1) is 17.0 Å². The van der Waals surface area contributed by atoms with Gasteiger partial charge < -0.3 is 5.32 Å². The molecule has 0 aliphatic heterocycles. The molecule has 0 saturated carbocycles. The van der Waals surface area contributed by atoms with Crippen molar-refractivity contribution in [1.29, 1.82) is 0 Å². The summed E-state index contributed by atoms with van der Waals surface area (Å²) >= 11 is 5.86. The Morgan fingerprint density at radius 1 is 1.06 bits per heavy atom. The molecule has 0 unspecified atom stereocenters. The first-order valence-electron chi connectivity index (χ1n) is 9.07. The highest BCUT2D eigenvalue weighted by Gasteiger charge is 2.27. The predicted molar refractivity (Wildman–Crippen MR) is 119 cm³/mol. The third-order valence-corrected chi connectivity index (χ3v) is 6.48. The van der Waals surface area contributed by atoms with E-state index in [2.05, 4.69) is 5.32 Å². The van der Waals surface area contributed by atoms with Crippen LogP contribution < -0.4 is 9.62 Å². The average Bonchev–Trinajstić information content (AvgIpc) is 2.74. The molecule has 0 radical (unpaired) electrons. The maximum Gasteiger partial charge on any atom is 0.271 e. The van der Waals surface area contributed by atoms with E-state index in [1.165, 1.54) is 42.5 Å². The van der Waals surface area contributed by atoms with Gasteiger partial charge in [0.25, 0.3) is 15.7 Å². The average molecular weight is 460 g/mol. The number of rotatable bonds is 7. The molecule has 3 aromatic rings. The van der Waals surface area contributed by atoms with Gasteiger partial charge in [0, 0.05) is 17.2 Å². The third kappa shape index (κ3) is 5.19. The highest BCUT2D eigenvalue weighted by Crippen LogP contribution is 2.26. The molecule has 31 heavy (non-hydrogen) atoms. The fraction of sp³-hybridized carbons (Fsp3) is 0.0952. The normalized spacial score (nSPS) is 11.0. The maximum atomic E-state index is 13.3. The predicted octanol–water partition coefficient (Wildman–Crippen LogP) is 4.39. The van der Waals surface area contributed by atoms with Crippen LogP contribution in [0.2, 0.25) is 5.02 Å². The molecule has 0 atom stereocenters. The van der Waals surface area contributed by atoms with Gasteiger partial charge in [-0.15, -0.1) is 0 Å². The van der Waals surface area contributed by atoms with E-state index in [0.29, 0.717) is 16.3 Å². The summed E-state index contributed by atoms with van der Waals surface area (Å²) in [6, 6.07) is 17.8. The molecule has 0 heterocycles. The molecule has 0 bridgehead atoms. The summed E-state index contributed by atoms with van der Waals surface area (Å²) in [6.45, 7) is 1.15. The number of carbonyl (C=O) groups excluding carboxylic acids is 1. The van der Waals surface area contributed by atoms with Crippen molar-refractivity contribution in [3.63, 3.8) is 0 Å². The Bertz CT molecular complexity index is 1220. The number of para-hydroxylation sites is 1. The Balaban J connectivity index is 1.93. The van der Waals surface area contributed by atoms with E-state index in [4.69, 9.17) is 11.6 Å². The van der Waals surface area contributed by atoms with Gasteiger partial charge in [0.15, 0.2) is 0 Å². The van der Waals surface area contributed by atoms with Crippen LogP contribution in [0.25, 0.3) is 0 Å². The van der Waals surface area contributed by atoms with Gasteiger partial charge in [0.1, 0.15) is 6.54 Å². The molecule has 3 aromatic carbocycles. The number of nitrogens with zero attached hydrogens (tertiary/aromatic N) is 2. The molecule has 0 aliphatic carbocycles. The van der Waals surface area contributed by atoms with Gasteiger partial charge in [-0.2, -0.15) is 0 Å². The first-order valence-corrected chi connectivity index (χ1v) is 10.9. The minimum absolute atomic E-state index is 0.0277. The smallest absolute Gasteiger partial charge is 0.271 e. The largest absolute Gasteiger partial charge is 0.324 e. The molecule has 0 aromatic heterocycles. The summed E-state index contributed by atoms with van der Waals surface area (Å²) in [5.41, 5.74) is 0.944. The van der Waals surface area contributed by atoms with Crippen LogP contribution >= 0.6 is 11.6 Å². The number of nitrogens with one attached hydrogen (secondary N) is 1. The number of carbonyl (C=O) groups is 1. The number of nitro benzene ring substituents is 1. The second-order valence-electron chi connectivity index (χ2n) is 6.61. The van der Waals surface area contributed by atoms with E-state index in [-0.39, 0.29) is 16.3 Å². The van der Waals surface area contributed by atoms with Gasteiger partial charge >= 0.3 is 0 Å². The van der Waals surface area contributed by atoms with E-state index in [1.54, 1.807) is 37.3 Å². The van der Waals surface area contributed by atoms with Gasteiger partial charge in [-0.3, -0.25) is 19.2 Å². The van der Waals surface area contributed by atoms with Crippen molar-refractivity contribution in [2.75, 3.05) is 16.2 Å². The van der Waals surface area contributed by atoms with Crippen molar-refractivity contribution in [3.8, 4) is 0 Å². The summed E-state index contributed by atoms with van der Waals surface area (Å²) < 4.78 is 27.5. The van der Waals surface area contributed by atoms with E-state index in [1.807, 2.05) is 0 Å². The van der Waals surface area contributed by atoms with Crippen LogP contribution in [0.1, 0.15) is 5.56 Å². The number of nitro groups is 1. The minimum atomic E-state index is -4.08. The van der Waals surface area contributed by atoms with Crippen molar-refractivity contribution < 1.29 is 18.1 Å². The van der Waals surface area contributed by atoms with Crippen molar-refractivity contribution in [1.82, 2.24) is 0 Å². The molecule has 10 heteroatoms. The van der Waals surface area contributed by atoms with Crippen molar-refractivity contribution >= 4 is 44.6 Å². The monoisotopic (exact) mass is 459 g/mol. The number of benzene rings is 3. The number of aryl methyl sites for hydroxylation is 1. The second kappa shape index (κ2) is 9.15. The number of hydrogen-bond donors (Lipinski definition) is 1. The standard InChI is InChI=1S/C21H18ClN3O5S/c1-15-7-10-18(25(27)28)13-20(15)23-21(26)14-24(17-5-3-2-4-6-17)31(29,30)19-11-8-16(22)9-12-19/h2-13H,14H2,1H3,(H,23,26). The molecule has 0 fully saturated rings. The topological polar surface area (TPSA) is 110 Å². The SMILES string of the molecule is Cc1ccc([N+](=O)[O-])cc1NC(=O)CN(c1ccccc1)S(=O)(=O)c1ccc(Cl)cc1. The van der Waals surface area contributed by atoms with Gasteiger partial charge in [-0.05, 0) is 48.9 Å². The lowest BCUT2D eigenvalue weighted by molar-refractivity contribution is -0.384. The van der Waals surface area contributed by atoms with E-state index in [0.717, 1.165) is 4.31 Å². The van der Waals surface area contributed by atoms with Gasteiger partial charge in [0.05, 0.1) is 21.2 Å². The van der Waals surface area contributed by atoms with Crippen LogP contribution in [0.3, 0.4) is 0 Å². The Kier molecular flexibility index (Phi) is 6.57. The Morgan fingerprint density at radius 3 is 2.32 bits per heavy atom. The van der Waals surface area contributed by atoms with Crippen LogP contribution in [0.4, 0.5) is 17.1 Å². The molecular weight excluding hydrogens is 442 g/mol. The lowest BCUT2D eigenvalue weighted by atomic mass is 10.2. The fourth-order valence-corrected chi connectivity index (χ4v) is 4.37. The lowest BCUT2D eigenvalue weighted by Crippen LogP contribution is -2.38. The Labute approximate surface area is 184 Å². The van der Waals surface area contributed by atoms with E-state index >= 15 is 0 Å². The summed E-state index contributed by atoms with van der Waals surface area (Å²) in [6.07, 6.45) is 0. The first-order chi connectivity index (χ1) is 14.7. The summed E-state index contributed by atoms with van der Waals surface area (Å²) in [7, 11) is -4.08. The number of hydrogen-bond acceptors (Lipinski definition) is 5. The Morgan fingerprint density at radius 2 is 1.71 bits per heavy atom. The number of amides is 1. The van der Waals surface area contributed by atoms with Gasteiger partial charge in [-0.1, -0.05) is 35.9 Å². The lowest BCUT2D eigenvalue weighted by Gasteiger charge is -2.24. The number of sulfonamides is 1. The number of anilines is 2. The second-order valence-corrected chi connectivity index (χ2v) is 8.90. The van der Waals surface area contributed by atoms with Crippen LogP contribution in [-0.2, 0) is 14.8 Å². The molecule has 160 valence electrons. The molecular formula is C21H18ClN3O5S. The summed E-state index contributed by atoms with van der Waals surface area (Å²) in [5.74, 6) is -0.648. The zero-order valence-electron chi connectivity index (χ0n) is 16.4. The van der Waals surface area contributed by atoms with E-state index < -0.39 is 27.4 Å². The van der Waals surface area contributed by atoms with E-state index in [9.17, 15) is 23.3 Å². The van der Waals surface area contributed by atoms with Gasteiger partial charge in [0.2, 0.25) is 5.91 Å². The fourth-order valence-electron chi connectivity index (χ4n) is 2.82. The zero-order valence-corrected chi connectivity index (χ0v) is 17.9. The minimum Gasteiger partial charge on any atom is -0.324 e. The number of non-ortho nitro benzene ring substituents is 1. The molecule has 0 spiro atoms. The van der Waals surface area contributed by atoms with Crippen LogP contribution in [-0.4, -0.2) is 25.8 Å².